The first-order valence-electron chi connectivity index (χ1n) is 5.65. The zero-order chi connectivity index (χ0) is 13.7. The Balaban J connectivity index is 1.99. The van der Waals surface area contributed by atoms with Crippen LogP contribution in [-0.4, -0.2) is 23.2 Å². The van der Waals surface area contributed by atoms with Crippen LogP contribution in [0.15, 0.2) is 47.4 Å². The maximum atomic E-state index is 10.7. The number of ether oxygens (including phenoxy) is 1. The Morgan fingerprint density at radius 2 is 2.00 bits per heavy atom. The topological polar surface area (TPSA) is 59.4 Å². The average Bonchev–Trinajstić information content (AvgIpc) is 2.46. The predicted molar refractivity (Wildman–Crippen MR) is 73.8 cm³/mol. The van der Waals surface area contributed by atoms with E-state index in [9.17, 15) is 4.79 Å². The fourth-order valence-corrected chi connectivity index (χ4v) is 2.31. The summed E-state index contributed by atoms with van der Waals surface area (Å²) in [6.07, 6.45) is 0. The Morgan fingerprint density at radius 3 is 2.63 bits per heavy atom. The smallest absolute Gasteiger partial charge is 0.335 e. The minimum atomic E-state index is -0.911. The van der Waals surface area contributed by atoms with Gasteiger partial charge >= 0.3 is 5.97 Å². The molecular formula is C14H13NO3S. The number of aromatic nitrogens is 1. The zero-order valence-electron chi connectivity index (χ0n) is 10.4. The van der Waals surface area contributed by atoms with Crippen molar-refractivity contribution in [1.82, 2.24) is 4.98 Å². The molecule has 1 aromatic heterocycles. The molecule has 0 aliphatic rings. The lowest BCUT2D eigenvalue weighted by Gasteiger charge is -2.04. The minimum absolute atomic E-state index is 0.295. The number of thioether (sulfide) groups is 1. The molecule has 0 bridgehead atoms. The molecular weight excluding hydrogens is 262 g/mol. The molecule has 1 aromatic carbocycles. The quantitative estimate of drug-likeness (QED) is 0.850. The number of carbonyl (C=O) groups is 1. The normalized spacial score (nSPS) is 10.2. The van der Waals surface area contributed by atoms with Gasteiger partial charge in [0, 0.05) is 16.7 Å². The van der Waals surface area contributed by atoms with Gasteiger partial charge in [0.05, 0.1) is 18.4 Å². The molecule has 0 atom stereocenters. The number of carboxylic acid groups (broad SMARTS) is 1. The van der Waals surface area contributed by atoms with Crippen LogP contribution in [0.25, 0.3) is 0 Å². The largest absolute Gasteiger partial charge is 0.481 e. The number of aromatic carboxylic acids is 1. The number of hydrogen-bond donors (Lipinski definition) is 1. The van der Waals surface area contributed by atoms with E-state index in [1.807, 2.05) is 12.1 Å². The Kier molecular flexibility index (Phi) is 4.41. The van der Waals surface area contributed by atoms with Crippen molar-refractivity contribution in [2.24, 2.45) is 0 Å². The van der Waals surface area contributed by atoms with E-state index in [0.717, 1.165) is 10.6 Å². The Hall–Kier alpha value is -2.01. The molecule has 0 fully saturated rings. The molecule has 2 rings (SSSR count). The third-order valence-corrected chi connectivity index (χ3v) is 3.52. The van der Waals surface area contributed by atoms with Crippen molar-refractivity contribution in [3.63, 3.8) is 0 Å². The van der Waals surface area contributed by atoms with Crippen LogP contribution < -0.4 is 4.74 Å². The Morgan fingerprint density at radius 1 is 1.26 bits per heavy atom. The lowest BCUT2D eigenvalue weighted by molar-refractivity contribution is 0.0697. The lowest BCUT2D eigenvalue weighted by Crippen LogP contribution is -1.95. The molecule has 0 unspecified atom stereocenters. The molecule has 98 valence electrons. The number of rotatable bonds is 5. The fraction of sp³-hybridized carbons (Fsp3) is 0.143. The van der Waals surface area contributed by atoms with Crippen molar-refractivity contribution in [2.75, 3.05) is 7.11 Å². The van der Waals surface area contributed by atoms with E-state index < -0.39 is 5.97 Å². The van der Waals surface area contributed by atoms with E-state index in [-0.39, 0.29) is 0 Å². The van der Waals surface area contributed by atoms with Crippen LogP contribution in [0.2, 0.25) is 0 Å². The van der Waals surface area contributed by atoms with Gasteiger partial charge in [-0.3, -0.25) is 0 Å². The number of nitrogens with zero attached hydrogens (tertiary/aromatic N) is 1. The summed E-state index contributed by atoms with van der Waals surface area (Å²) in [4.78, 5) is 16.1. The molecule has 1 heterocycles. The van der Waals surface area contributed by atoms with Crippen LogP contribution in [0.5, 0.6) is 5.88 Å². The third kappa shape index (κ3) is 3.72. The molecule has 0 saturated heterocycles. The van der Waals surface area contributed by atoms with Crippen molar-refractivity contribution in [3.8, 4) is 5.88 Å². The van der Waals surface area contributed by atoms with Crippen LogP contribution in [0.3, 0.4) is 0 Å². The summed E-state index contributed by atoms with van der Waals surface area (Å²) in [5.74, 6) is 0.397. The van der Waals surface area contributed by atoms with E-state index >= 15 is 0 Å². The standard InChI is InChI=1S/C14H13NO3S/c1-18-13-4-2-3-11(15-13)9-19-12-7-5-10(6-8-12)14(16)17/h2-8H,9H2,1H3,(H,16,17). The van der Waals surface area contributed by atoms with Crippen LogP contribution in [0.1, 0.15) is 16.1 Å². The van der Waals surface area contributed by atoms with Crippen molar-refractivity contribution in [3.05, 3.63) is 53.7 Å². The first kappa shape index (κ1) is 13.4. The van der Waals surface area contributed by atoms with E-state index in [1.54, 1.807) is 49.2 Å². The SMILES string of the molecule is COc1cccc(CSc2ccc(C(=O)O)cc2)n1. The molecule has 0 spiro atoms. The minimum Gasteiger partial charge on any atom is -0.481 e. The van der Waals surface area contributed by atoms with Gasteiger partial charge in [-0.05, 0) is 30.3 Å². The van der Waals surface area contributed by atoms with Crippen LogP contribution in [0, 0.1) is 0 Å². The molecule has 0 radical (unpaired) electrons. The molecule has 0 saturated carbocycles. The molecule has 0 amide bonds. The first-order valence-corrected chi connectivity index (χ1v) is 6.63. The summed E-state index contributed by atoms with van der Waals surface area (Å²) in [7, 11) is 1.59. The van der Waals surface area contributed by atoms with Crippen molar-refractivity contribution in [2.45, 2.75) is 10.6 Å². The molecule has 0 aliphatic heterocycles. The Labute approximate surface area is 115 Å². The molecule has 5 heteroatoms. The molecule has 2 aromatic rings. The average molecular weight is 275 g/mol. The van der Waals surface area contributed by atoms with Gasteiger partial charge in [-0.15, -0.1) is 11.8 Å². The van der Waals surface area contributed by atoms with Gasteiger partial charge in [-0.2, -0.15) is 0 Å². The van der Waals surface area contributed by atoms with Gasteiger partial charge in [0.25, 0.3) is 0 Å². The van der Waals surface area contributed by atoms with Gasteiger partial charge in [0.2, 0.25) is 5.88 Å². The van der Waals surface area contributed by atoms with E-state index in [0.29, 0.717) is 17.2 Å². The fourth-order valence-electron chi connectivity index (χ4n) is 1.50. The highest BCUT2D eigenvalue weighted by molar-refractivity contribution is 7.98. The van der Waals surface area contributed by atoms with Gasteiger partial charge in [0.1, 0.15) is 0 Å². The highest BCUT2D eigenvalue weighted by Gasteiger charge is 2.03. The molecule has 4 nitrogen and oxygen atoms in total. The Bertz CT molecular complexity index is 569. The van der Waals surface area contributed by atoms with Crippen LogP contribution in [0.4, 0.5) is 0 Å². The summed E-state index contributed by atoms with van der Waals surface area (Å²) in [6, 6.07) is 12.4. The van der Waals surface area contributed by atoms with E-state index in [2.05, 4.69) is 4.98 Å². The number of hydrogen-bond acceptors (Lipinski definition) is 4. The monoisotopic (exact) mass is 275 g/mol. The van der Waals surface area contributed by atoms with Crippen molar-refractivity contribution >= 4 is 17.7 Å². The number of methoxy groups -OCH3 is 1. The second-order valence-corrected chi connectivity index (χ2v) is 4.84. The van der Waals surface area contributed by atoms with Gasteiger partial charge in [0.15, 0.2) is 0 Å². The second kappa shape index (κ2) is 6.24. The van der Waals surface area contributed by atoms with E-state index in [1.165, 1.54) is 0 Å². The predicted octanol–water partition coefficient (Wildman–Crippen LogP) is 3.08. The van der Waals surface area contributed by atoms with Crippen molar-refractivity contribution in [1.29, 1.82) is 0 Å². The maximum Gasteiger partial charge on any atom is 0.335 e. The number of pyridine rings is 1. The maximum absolute atomic E-state index is 10.7. The van der Waals surface area contributed by atoms with Crippen LogP contribution >= 0.6 is 11.8 Å². The summed E-state index contributed by atoms with van der Waals surface area (Å²) in [5, 5.41) is 8.81. The second-order valence-electron chi connectivity index (χ2n) is 3.79. The highest BCUT2D eigenvalue weighted by Crippen LogP contribution is 2.23. The third-order valence-electron chi connectivity index (χ3n) is 2.48. The lowest BCUT2D eigenvalue weighted by atomic mass is 10.2. The molecule has 19 heavy (non-hydrogen) atoms. The summed E-state index contributed by atoms with van der Waals surface area (Å²) >= 11 is 1.60. The first-order chi connectivity index (χ1) is 9.19. The summed E-state index contributed by atoms with van der Waals surface area (Å²) < 4.78 is 5.06. The molecule has 0 aliphatic carbocycles. The van der Waals surface area contributed by atoms with Gasteiger partial charge in [-0.25, -0.2) is 9.78 Å². The molecule has 1 N–H and O–H groups in total. The number of carboxylic acids is 1. The van der Waals surface area contributed by atoms with Gasteiger partial charge < -0.3 is 9.84 Å². The van der Waals surface area contributed by atoms with Crippen molar-refractivity contribution < 1.29 is 14.6 Å². The van der Waals surface area contributed by atoms with E-state index in [4.69, 9.17) is 9.84 Å². The van der Waals surface area contributed by atoms with Crippen LogP contribution in [-0.2, 0) is 5.75 Å². The number of benzene rings is 1. The highest BCUT2D eigenvalue weighted by atomic mass is 32.2. The van der Waals surface area contributed by atoms with Gasteiger partial charge in [-0.1, -0.05) is 6.07 Å². The summed E-state index contributed by atoms with van der Waals surface area (Å²) in [5.41, 5.74) is 1.22. The zero-order valence-corrected chi connectivity index (χ0v) is 11.2. The summed E-state index contributed by atoms with van der Waals surface area (Å²) in [6.45, 7) is 0.